The summed E-state index contributed by atoms with van der Waals surface area (Å²) in [4.78, 5) is 33.1. The number of hydrogen-bond acceptors (Lipinski definition) is 3. The van der Waals surface area contributed by atoms with E-state index in [1.807, 2.05) is 31.2 Å². The van der Waals surface area contributed by atoms with Crippen molar-refractivity contribution in [1.29, 1.82) is 0 Å². The number of urea groups is 1. The van der Waals surface area contributed by atoms with Crippen LogP contribution in [-0.4, -0.2) is 34.2 Å². The molecule has 2 atom stereocenters. The molecule has 7 heteroatoms. The zero-order chi connectivity index (χ0) is 16.0. The first-order valence-corrected chi connectivity index (χ1v) is 6.37. The maximum Gasteiger partial charge on any atom is 0.326 e. The highest BCUT2D eigenvalue weighted by atomic mass is 16.4. The quantitative estimate of drug-likeness (QED) is 0.631. The van der Waals surface area contributed by atoms with E-state index in [-0.39, 0.29) is 6.04 Å². The lowest BCUT2D eigenvalue weighted by Gasteiger charge is -2.18. The van der Waals surface area contributed by atoms with Gasteiger partial charge in [-0.05, 0) is 19.4 Å². The van der Waals surface area contributed by atoms with Gasteiger partial charge in [-0.1, -0.05) is 29.8 Å². The van der Waals surface area contributed by atoms with Gasteiger partial charge in [0.1, 0.15) is 6.04 Å². The van der Waals surface area contributed by atoms with E-state index in [0.29, 0.717) is 0 Å². The fourth-order valence-electron chi connectivity index (χ4n) is 1.71. The summed E-state index contributed by atoms with van der Waals surface area (Å²) < 4.78 is 0. The Morgan fingerprint density at radius 1 is 1.10 bits per heavy atom. The summed E-state index contributed by atoms with van der Waals surface area (Å²) in [7, 11) is 0. The second-order valence-corrected chi connectivity index (χ2v) is 4.74. The van der Waals surface area contributed by atoms with E-state index in [0.717, 1.165) is 11.1 Å². The molecular formula is C14H18N2O5. The zero-order valence-electron chi connectivity index (χ0n) is 11.8. The lowest BCUT2D eigenvalue weighted by atomic mass is 10.1. The molecule has 1 aromatic rings. The van der Waals surface area contributed by atoms with Crippen LogP contribution in [0.5, 0.6) is 0 Å². The number of carbonyl (C=O) groups excluding carboxylic acids is 1. The second-order valence-electron chi connectivity index (χ2n) is 4.74. The van der Waals surface area contributed by atoms with Gasteiger partial charge < -0.3 is 20.8 Å². The van der Waals surface area contributed by atoms with Crippen molar-refractivity contribution < 1.29 is 24.6 Å². The Hall–Kier alpha value is -2.57. The van der Waals surface area contributed by atoms with Crippen LogP contribution in [0.25, 0.3) is 0 Å². The lowest BCUT2D eigenvalue weighted by molar-refractivity contribution is -0.145. The minimum atomic E-state index is -1.47. The van der Waals surface area contributed by atoms with E-state index in [4.69, 9.17) is 10.2 Å². The molecule has 1 rings (SSSR count). The van der Waals surface area contributed by atoms with Gasteiger partial charge in [0, 0.05) is 0 Å². The standard InChI is InChI=1S/C14H18N2O5/c1-8-3-5-10(6-4-8)9(2)15-14(21)16-11(13(19)20)7-12(17)18/h3-6,9,11H,7H2,1-2H3,(H,17,18)(H,19,20)(H2,15,16,21)/t9?,11-/m1/s1. The molecule has 4 N–H and O–H groups in total. The Bertz CT molecular complexity index is 527. The SMILES string of the molecule is Cc1ccc(C(C)NC(=O)N[C@H](CC(=O)O)C(=O)O)cc1. The molecule has 7 nitrogen and oxygen atoms in total. The summed E-state index contributed by atoms with van der Waals surface area (Å²) in [6.45, 7) is 3.69. The van der Waals surface area contributed by atoms with E-state index < -0.39 is 30.4 Å². The maximum atomic E-state index is 11.7. The lowest BCUT2D eigenvalue weighted by Crippen LogP contribution is -2.47. The number of carboxylic acid groups (broad SMARTS) is 2. The molecule has 2 amide bonds. The Morgan fingerprint density at radius 2 is 1.67 bits per heavy atom. The number of carbonyl (C=O) groups is 3. The first-order chi connectivity index (χ1) is 9.79. The van der Waals surface area contributed by atoms with Gasteiger partial charge in [0.15, 0.2) is 0 Å². The van der Waals surface area contributed by atoms with Crippen LogP contribution in [0.1, 0.15) is 30.5 Å². The van der Waals surface area contributed by atoms with E-state index in [9.17, 15) is 14.4 Å². The topological polar surface area (TPSA) is 116 Å². The third-order valence-corrected chi connectivity index (χ3v) is 2.91. The molecule has 0 aliphatic carbocycles. The maximum absolute atomic E-state index is 11.7. The average Bonchev–Trinajstić information content (AvgIpc) is 2.37. The minimum absolute atomic E-state index is 0.329. The zero-order valence-corrected chi connectivity index (χ0v) is 11.8. The van der Waals surface area contributed by atoms with Crippen molar-refractivity contribution >= 4 is 18.0 Å². The predicted octanol–water partition coefficient (Wildman–Crippen LogP) is 1.28. The number of nitrogens with one attached hydrogen (secondary N) is 2. The number of hydrogen-bond donors (Lipinski definition) is 4. The summed E-state index contributed by atoms with van der Waals surface area (Å²) in [5, 5.41) is 22.1. The van der Waals surface area contributed by atoms with Gasteiger partial charge in [-0.2, -0.15) is 0 Å². The second kappa shape index (κ2) is 7.28. The first-order valence-electron chi connectivity index (χ1n) is 6.37. The van der Waals surface area contributed by atoms with Gasteiger partial charge in [0.25, 0.3) is 0 Å². The van der Waals surface area contributed by atoms with Gasteiger partial charge in [0.05, 0.1) is 12.5 Å². The molecule has 0 aliphatic heterocycles. The Balaban J connectivity index is 2.61. The fraction of sp³-hybridized carbons (Fsp3) is 0.357. The van der Waals surface area contributed by atoms with Crippen LogP contribution in [0.15, 0.2) is 24.3 Å². The largest absolute Gasteiger partial charge is 0.481 e. The van der Waals surface area contributed by atoms with Crippen molar-refractivity contribution in [2.75, 3.05) is 0 Å². The van der Waals surface area contributed by atoms with Crippen LogP contribution in [0.4, 0.5) is 4.79 Å². The van der Waals surface area contributed by atoms with Crippen LogP contribution in [-0.2, 0) is 9.59 Å². The normalized spacial score (nSPS) is 13.0. The molecule has 0 saturated heterocycles. The molecule has 0 bridgehead atoms. The molecule has 21 heavy (non-hydrogen) atoms. The van der Waals surface area contributed by atoms with Crippen LogP contribution in [0.2, 0.25) is 0 Å². The number of benzene rings is 1. The van der Waals surface area contributed by atoms with Crippen molar-refractivity contribution in [2.45, 2.75) is 32.4 Å². The smallest absolute Gasteiger partial charge is 0.326 e. The summed E-state index contributed by atoms with van der Waals surface area (Å²) in [6.07, 6.45) is -0.679. The van der Waals surface area contributed by atoms with Crippen molar-refractivity contribution in [1.82, 2.24) is 10.6 Å². The molecule has 0 saturated carbocycles. The highest BCUT2D eigenvalue weighted by molar-refractivity contribution is 5.86. The third-order valence-electron chi connectivity index (χ3n) is 2.91. The number of aliphatic carboxylic acids is 2. The monoisotopic (exact) mass is 294 g/mol. The number of carboxylic acids is 2. The Morgan fingerprint density at radius 3 is 2.14 bits per heavy atom. The van der Waals surface area contributed by atoms with Crippen LogP contribution >= 0.6 is 0 Å². The molecule has 0 radical (unpaired) electrons. The third kappa shape index (κ3) is 5.52. The van der Waals surface area contributed by atoms with E-state index in [2.05, 4.69) is 10.6 Å². The van der Waals surface area contributed by atoms with Crippen LogP contribution < -0.4 is 10.6 Å². The van der Waals surface area contributed by atoms with Crippen molar-refractivity contribution in [3.05, 3.63) is 35.4 Å². The predicted molar refractivity (Wildman–Crippen MR) is 74.9 cm³/mol. The molecule has 0 aliphatic rings. The summed E-state index contributed by atoms with van der Waals surface area (Å²) in [6, 6.07) is 4.99. The average molecular weight is 294 g/mol. The summed E-state index contributed by atoms with van der Waals surface area (Å²) in [5.74, 6) is -2.69. The highest BCUT2D eigenvalue weighted by Crippen LogP contribution is 2.12. The van der Waals surface area contributed by atoms with Crippen molar-refractivity contribution in [2.24, 2.45) is 0 Å². The van der Waals surface area contributed by atoms with Gasteiger partial charge >= 0.3 is 18.0 Å². The fourth-order valence-corrected chi connectivity index (χ4v) is 1.71. The van der Waals surface area contributed by atoms with E-state index >= 15 is 0 Å². The number of aryl methyl sites for hydroxylation is 1. The molecular weight excluding hydrogens is 276 g/mol. The van der Waals surface area contributed by atoms with E-state index in [1.165, 1.54) is 0 Å². The first kappa shape index (κ1) is 16.5. The van der Waals surface area contributed by atoms with Gasteiger partial charge in [0.2, 0.25) is 0 Å². The molecule has 1 unspecified atom stereocenters. The van der Waals surface area contributed by atoms with Gasteiger partial charge in [-0.3, -0.25) is 4.79 Å². The van der Waals surface area contributed by atoms with Crippen LogP contribution in [0, 0.1) is 6.92 Å². The molecule has 0 fully saturated rings. The molecule has 0 heterocycles. The van der Waals surface area contributed by atoms with Crippen molar-refractivity contribution in [3.63, 3.8) is 0 Å². The van der Waals surface area contributed by atoms with Gasteiger partial charge in [-0.15, -0.1) is 0 Å². The Labute approximate surface area is 122 Å². The molecule has 0 aromatic heterocycles. The summed E-state index contributed by atoms with van der Waals surface area (Å²) in [5.41, 5.74) is 1.95. The Kier molecular flexibility index (Phi) is 5.71. The summed E-state index contributed by atoms with van der Waals surface area (Å²) >= 11 is 0. The molecule has 114 valence electrons. The number of rotatable bonds is 6. The van der Waals surface area contributed by atoms with Crippen molar-refractivity contribution in [3.8, 4) is 0 Å². The van der Waals surface area contributed by atoms with Crippen LogP contribution in [0.3, 0.4) is 0 Å². The molecule has 1 aromatic carbocycles. The number of amides is 2. The highest BCUT2D eigenvalue weighted by Gasteiger charge is 2.23. The molecule has 0 spiro atoms. The van der Waals surface area contributed by atoms with Gasteiger partial charge in [-0.25, -0.2) is 9.59 Å². The minimum Gasteiger partial charge on any atom is -0.481 e. The van der Waals surface area contributed by atoms with E-state index in [1.54, 1.807) is 6.92 Å².